The molecule has 0 amide bonds. The second-order valence-electron chi connectivity index (χ2n) is 6.71. The Labute approximate surface area is 179 Å². The van der Waals surface area contributed by atoms with Crippen LogP contribution in [0.5, 0.6) is 5.75 Å². The van der Waals surface area contributed by atoms with Gasteiger partial charge in [-0.2, -0.15) is 4.28 Å². The van der Waals surface area contributed by atoms with Crippen LogP contribution < -0.4 is 16.0 Å². The molecule has 0 aliphatic heterocycles. The van der Waals surface area contributed by atoms with E-state index >= 15 is 0 Å². The molecule has 1 aromatic heterocycles. The number of hydrogen-bond acceptors (Lipinski definition) is 8. The van der Waals surface area contributed by atoms with Gasteiger partial charge in [-0.05, 0) is 61.9 Å². The molecular weight excluding hydrogens is 398 g/mol. The average molecular weight is 422 g/mol. The molecule has 0 atom stereocenters. The van der Waals surface area contributed by atoms with Crippen LogP contribution in [-0.4, -0.2) is 23.0 Å². The molecule has 8 heteroatoms. The summed E-state index contributed by atoms with van der Waals surface area (Å²) >= 11 is 1.12. The van der Waals surface area contributed by atoms with E-state index in [1.807, 2.05) is 38.1 Å². The largest absolute Gasteiger partial charge is 0.491 e. The second kappa shape index (κ2) is 9.91. The van der Waals surface area contributed by atoms with Gasteiger partial charge in [0.1, 0.15) is 5.75 Å². The van der Waals surface area contributed by atoms with Gasteiger partial charge in [-0.3, -0.25) is 5.41 Å². The van der Waals surface area contributed by atoms with Crippen molar-refractivity contribution in [3.8, 4) is 5.75 Å². The summed E-state index contributed by atoms with van der Waals surface area (Å²) in [7, 11) is 0. The van der Waals surface area contributed by atoms with Crippen molar-refractivity contribution in [3.63, 3.8) is 0 Å². The summed E-state index contributed by atoms with van der Waals surface area (Å²) in [5.41, 5.74) is 11.6. The van der Waals surface area contributed by atoms with E-state index in [-0.39, 0.29) is 11.8 Å². The first-order valence-corrected chi connectivity index (χ1v) is 10.0. The van der Waals surface area contributed by atoms with Gasteiger partial charge < -0.3 is 15.9 Å². The molecule has 0 bridgehead atoms. The van der Waals surface area contributed by atoms with Crippen LogP contribution in [0.15, 0.2) is 65.7 Å². The number of ether oxygens (including phenoxy) is 1. The number of hydrogen-bond donors (Lipinski definition) is 4. The Morgan fingerprint density at radius 3 is 2.77 bits per heavy atom. The van der Waals surface area contributed by atoms with E-state index in [1.54, 1.807) is 36.5 Å². The molecule has 0 saturated heterocycles. The molecular formula is C22H23N5O2S. The number of nitrogens with one attached hydrogen (secondary N) is 3. The number of nitrogen functional groups attached to an aromatic ring is 1. The monoisotopic (exact) mass is 421 g/mol. The number of benzene rings is 2. The highest BCUT2D eigenvalue weighted by molar-refractivity contribution is 7.94. The highest BCUT2D eigenvalue weighted by Crippen LogP contribution is 2.25. The summed E-state index contributed by atoms with van der Waals surface area (Å²) in [5.74, 6) is 1.12. The molecule has 0 radical (unpaired) electrons. The smallest absolute Gasteiger partial charge is 0.151 e. The fraction of sp³-hybridized carbons (Fsp3) is 0.136. The van der Waals surface area contributed by atoms with Crippen LogP contribution in [0.25, 0.3) is 0 Å². The van der Waals surface area contributed by atoms with Gasteiger partial charge in [-0.1, -0.05) is 12.1 Å². The maximum absolute atomic E-state index is 8.59. The van der Waals surface area contributed by atoms with Crippen LogP contribution in [0.3, 0.4) is 0 Å². The van der Waals surface area contributed by atoms with Gasteiger partial charge in [0.25, 0.3) is 0 Å². The summed E-state index contributed by atoms with van der Waals surface area (Å²) in [4.78, 5) is 5.07. The normalized spacial score (nSPS) is 10.6. The first kappa shape index (κ1) is 21.4. The molecule has 0 unspecified atom stereocenters. The maximum Gasteiger partial charge on any atom is 0.151 e. The van der Waals surface area contributed by atoms with Gasteiger partial charge in [0.2, 0.25) is 0 Å². The molecule has 154 valence electrons. The maximum atomic E-state index is 8.59. The van der Waals surface area contributed by atoms with E-state index in [0.717, 1.165) is 22.5 Å². The van der Waals surface area contributed by atoms with Crippen LogP contribution >= 0.6 is 12.0 Å². The predicted octanol–water partition coefficient (Wildman–Crippen LogP) is 4.92. The van der Waals surface area contributed by atoms with Gasteiger partial charge in [0.05, 0.1) is 23.9 Å². The number of anilines is 2. The van der Waals surface area contributed by atoms with Crippen molar-refractivity contribution >= 4 is 35.5 Å². The van der Waals surface area contributed by atoms with Crippen molar-refractivity contribution < 1.29 is 9.02 Å². The van der Waals surface area contributed by atoms with Crippen molar-refractivity contribution in [1.82, 2.24) is 4.98 Å². The van der Waals surface area contributed by atoms with Gasteiger partial charge in [0, 0.05) is 34.1 Å². The Morgan fingerprint density at radius 2 is 2.00 bits per heavy atom. The van der Waals surface area contributed by atoms with Crippen molar-refractivity contribution in [1.29, 1.82) is 10.8 Å². The highest BCUT2D eigenvalue weighted by Gasteiger charge is 2.12. The van der Waals surface area contributed by atoms with Gasteiger partial charge >= 0.3 is 0 Å². The fourth-order valence-corrected chi connectivity index (χ4v) is 3.20. The molecule has 30 heavy (non-hydrogen) atoms. The molecule has 0 saturated carbocycles. The van der Waals surface area contributed by atoms with Gasteiger partial charge in [-0.15, -0.1) is 0 Å². The van der Waals surface area contributed by atoms with Crippen molar-refractivity contribution in [2.75, 3.05) is 11.2 Å². The van der Waals surface area contributed by atoms with Gasteiger partial charge in [-0.25, -0.2) is 10.5 Å². The van der Waals surface area contributed by atoms with Crippen LogP contribution in [-0.2, 0) is 4.28 Å². The molecule has 0 aliphatic carbocycles. The topological polar surface area (TPSA) is 117 Å². The van der Waals surface area contributed by atoms with Crippen molar-refractivity contribution in [2.24, 2.45) is 0 Å². The quantitative estimate of drug-likeness (QED) is 0.169. The average Bonchev–Trinajstić information content (AvgIpc) is 2.74. The number of nitrogens with two attached hydrogens (primary N) is 1. The third-order valence-corrected chi connectivity index (χ3v) is 4.64. The lowest BCUT2D eigenvalue weighted by Gasteiger charge is -2.14. The summed E-state index contributed by atoms with van der Waals surface area (Å²) in [5, 5.41) is 15.9. The zero-order chi connectivity index (χ0) is 21.5. The van der Waals surface area contributed by atoms with E-state index < -0.39 is 0 Å². The second-order valence-corrected chi connectivity index (χ2v) is 7.51. The molecule has 1 heterocycles. The first-order valence-electron chi connectivity index (χ1n) is 9.28. The number of aromatic nitrogens is 1. The predicted molar refractivity (Wildman–Crippen MR) is 122 cm³/mol. The van der Waals surface area contributed by atoms with E-state index in [2.05, 4.69) is 10.5 Å². The number of rotatable bonds is 9. The molecule has 3 rings (SSSR count). The van der Waals surface area contributed by atoms with E-state index in [4.69, 9.17) is 25.6 Å². The minimum atomic E-state index is 0.0294. The minimum absolute atomic E-state index is 0.0294. The Balaban J connectivity index is 1.70. The molecule has 5 N–H and O–H groups in total. The van der Waals surface area contributed by atoms with E-state index in [1.165, 1.54) is 6.21 Å². The summed E-state index contributed by atoms with van der Waals surface area (Å²) in [6, 6.07) is 16.2. The van der Waals surface area contributed by atoms with Crippen LogP contribution in [0, 0.1) is 10.8 Å². The number of pyridine rings is 1. The summed E-state index contributed by atoms with van der Waals surface area (Å²) in [6.45, 7) is 3.89. The van der Waals surface area contributed by atoms with E-state index in [9.17, 15) is 0 Å². The summed E-state index contributed by atoms with van der Waals surface area (Å²) < 4.78 is 11.2. The Bertz CT molecular complexity index is 1060. The third kappa shape index (κ3) is 5.59. The standard InChI is InChI=1S/C22H23N5O2S/c1-14(2)28-17-6-7-20(24)19(12-17)22(25)16-8-9-26-21(11-16)27-29-30-18-5-3-4-15(10-18)13-23/h3-14,23,25H,24H2,1-2H3,(H,26,27). The first-order chi connectivity index (χ1) is 14.5. The molecule has 7 nitrogen and oxygen atoms in total. The Hall–Kier alpha value is -3.36. The lowest BCUT2D eigenvalue weighted by atomic mass is 10.0. The SMILES string of the molecule is CC(C)Oc1ccc(N)c(C(=N)c2ccnc(NOSc3cccc(C=N)c3)c2)c1. The molecule has 3 aromatic rings. The molecule has 0 spiro atoms. The van der Waals surface area contributed by atoms with Crippen LogP contribution in [0.1, 0.15) is 30.5 Å². The van der Waals surface area contributed by atoms with Crippen molar-refractivity contribution in [2.45, 2.75) is 24.8 Å². The van der Waals surface area contributed by atoms with Crippen LogP contribution in [0.2, 0.25) is 0 Å². The Kier molecular flexibility index (Phi) is 7.05. The van der Waals surface area contributed by atoms with Crippen LogP contribution in [0.4, 0.5) is 11.5 Å². The Morgan fingerprint density at radius 1 is 1.17 bits per heavy atom. The summed E-state index contributed by atoms with van der Waals surface area (Å²) in [6.07, 6.45) is 2.91. The molecule has 2 aromatic carbocycles. The highest BCUT2D eigenvalue weighted by atomic mass is 32.2. The minimum Gasteiger partial charge on any atom is -0.491 e. The zero-order valence-corrected chi connectivity index (χ0v) is 17.5. The lowest BCUT2D eigenvalue weighted by molar-refractivity contribution is 0.242. The molecule has 0 fully saturated rings. The zero-order valence-electron chi connectivity index (χ0n) is 16.7. The fourth-order valence-electron chi connectivity index (χ4n) is 2.66. The lowest BCUT2D eigenvalue weighted by Crippen LogP contribution is -2.10. The van der Waals surface area contributed by atoms with E-state index in [0.29, 0.717) is 28.4 Å². The van der Waals surface area contributed by atoms with Crippen molar-refractivity contribution in [3.05, 3.63) is 77.5 Å². The molecule has 0 aliphatic rings. The third-order valence-electron chi connectivity index (χ3n) is 4.02. The number of nitrogens with zero attached hydrogens (tertiary/aromatic N) is 1. The van der Waals surface area contributed by atoms with Gasteiger partial charge in [0.15, 0.2) is 5.82 Å².